The minimum absolute atomic E-state index is 0.0199. The zero-order valence-electron chi connectivity index (χ0n) is 22.0. The molecule has 0 spiro atoms. The molecule has 1 aromatic carbocycles. The predicted molar refractivity (Wildman–Crippen MR) is 143 cm³/mol. The van der Waals surface area contributed by atoms with Gasteiger partial charge >= 0.3 is 5.97 Å². The van der Waals surface area contributed by atoms with E-state index in [0.717, 1.165) is 54.4 Å². The third kappa shape index (κ3) is 7.08. The van der Waals surface area contributed by atoms with Crippen molar-refractivity contribution in [3.05, 3.63) is 71.8 Å². The van der Waals surface area contributed by atoms with E-state index in [1.54, 1.807) is 24.5 Å². The Morgan fingerprint density at radius 2 is 1.86 bits per heavy atom. The topological polar surface area (TPSA) is 94.6 Å². The quantitative estimate of drug-likeness (QED) is 0.483. The van der Waals surface area contributed by atoms with Gasteiger partial charge < -0.3 is 9.47 Å². The molecule has 37 heavy (non-hydrogen) atoms. The molecule has 4 rings (SSSR count). The number of hydrogen-bond acceptors (Lipinski definition) is 6. The molecular weight excluding hydrogens is 488 g/mol. The number of hydrogen-bond donors (Lipinski definition) is 1. The Morgan fingerprint density at radius 1 is 1.11 bits per heavy atom. The van der Waals surface area contributed by atoms with Crippen LogP contribution in [-0.2, 0) is 24.3 Å². The fourth-order valence-corrected chi connectivity index (χ4v) is 6.26. The molecule has 1 saturated carbocycles. The third-order valence-corrected chi connectivity index (χ3v) is 8.07. The van der Waals surface area contributed by atoms with Gasteiger partial charge in [-0.15, -0.1) is 0 Å². The molecule has 0 saturated heterocycles. The standard InChI is InChI=1S/C29H36N2O5S/c1-20-16-22(18-30-17-20)21-12-14-23(15-13-21)37(33,34)31-26-10-6-5-8-25-24(26)9-7-11-27(25)35-19-28(32)36-29(2,3)4/h7,11-18,24,26,31H,5-6,8-10,19H2,1-4H3. The number of aromatic nitrogens is 1. The zero-order valence-corrected chi connectivity index (χ0v) is 22.8. The van der Waals surface area contributed by atoms with Gasteiger partial charge in [0.2, 0.25) is 10.0 Å². The van der Waals surface area contributed by atoms with Crippen molar-refractivity contribution in [1.29, 1.82) is 0 Å². The van der Waals surface area contributed by atoms with Crippen molar-refractivity contribution in [3.8, 4) is 11.1 Å². The summed E-state index contributed by atoms with van der Waals surface area (Å²) in [6.07, 6.45) is 11.6. The van der Waals surface area contributed by atoms with Crippen molar-refractivity contribution in [3.63, 3.8) is 0 Å². The number of esters is 1. The fraction of sp³-hybridized carbons (Fsp3) is 0.448. The number of carbonyl (C=O) groups excluding carboxylic acids is 1. The van der Waals surface area contributed by atoms with Crippen LogP contribution in [0.3, 0.4) is 0 Å². The molecule has 1 aromatic heterocycles. The van der Waals surface area contributed by atoms with Crippen molar-refractivity contribution in [2.45, 2.75) is 76.3 Å². The van der Waals surface area contributed by atoms with Crippen LogP contribution in [0.15, 0.2) is 71.1 Å². The van der Waals surface area contributed by atoms with E-state index in [9.17, 15) is 13.2 Å². The van der Waals surface area contributed by atoms with E-state index >= 15 is 0 Å². The Kier molecular flexibility index (Phi) is 8.19. The Hall–Kier alpha value is -2.97. The molecule has 1 N–H and O–H groups in total. The summed E-state index contributed by atoms with van der Waals surface area (Å²) >= 11 is 0. The van der Waals surface area contributed by atoms with Crippen LogP contribution in [0.1, 0.15) is 58.4 Å². The summed E-state index contributed by atoms with van der Waals surface area (Å²) in [5.74, 6) is 0.213. The number of sulfonamides is 1. The van der Waals surface area contributed by atoms with Crippen molar-refractivity contribution >= 4 is 16.0 Å². The molecule has 2 aliphatic carbocycles. The number of aryl methyl sites for hydroxylation is 1. The maximum absolute atomic E-state index is 13.4. The highest BCUT2D eigenvalue weighted by atomic mass is 32.2. The minimum Gasteiger partial charge on any atom is -0.482 e. The summed E-state index contributed by atoms with van der Waals surface area (Å²) in [6.45, 7) is 7.26. The van der Waals surface area contributed by atoms with Crippen LogP contribution in [-0.4, -0.2) is 37.6 Å². The average Bonchev–Trinajstić information content (AvgIpc) is 3.04. The number of nitrogens with one attached hydrogen (secondary N) is 1. The Morgan fingerprint density at radius 3 is 2.57 bits per heavy atom. The summed E-state index contributed by atoms with van der Waals surface area (Å²) in [5, 5.41) is 0. The summed E-state index contributed by atoms with van der Waals surface area (Å²) in [4.78, 5) is 16.6. The van der Waals surface area contributed by atoms with Gasteiger partial charge in [-0.05, 0) is 94.4 Å². The second-order valence-corrected chi connectivity index (χ2v) is 12.5. The van der Waals surface area contributed by atoms with Crippen LogP contribution in [0.5, 0.6) is 0 Å². The predicted octanol–water partition coefficient (Wildman–Crippen LogP) is 5.47. The van der Waals surface area contributed by atoms with E-state index in [-0.39, 0.29) is 23.5 Å². The van der Waals surface area contributed by atoms with E-state index in [2.05, 4.69) is 9.71 Å². The molecule has 2 atom stereocenters. The van der Waals surface area contributed by atoms with Crippen LogP contribution in [0, 0.1) is 12.8 Å². The number of pyridine rings is 1. The summed E-state index contributed by atoms with van der Waals surface area (Å²) in [7, 11) is -3.72. The van der Waals surface area contributed by atoms with Crippen LogP contribution >= 0.6 is 0 Å². The molecule has 0 bridgehead atoms. The van der Waals surface area contributed by atoms with Crippen LogP contribution in [0.4, 0.5) is 0 Å². The van der Waals surface area contributed by atoms with E-state index in [4.69, 9.17) is 9.47 Å². The number of ether oxygens (including phenoxy) is 2. The van der Waals surface area contributed by atoms with Crippen LogP contribution < -0.4 is 4.72 Å². The van der Waals surface area contributed by atoms with Gasteiger partial charge in [-0.1, -0.05) is 24.6 Å². The first kappa shape index (κ1) is 27.1. The third-order valence-electron chi connectivity index (χ3n) is 6.57. The fourth-order valence-electron chi connectivity index (χ4n) is 4.95. The van der Waals surface area contributed by atoms with E-state index in [1.165, 1.54) is 0 Å². The van der Waals surface area contributed by atoms with Gasteiger partial charge in [-0.3, -0.25) is 4.98 Å². The first-order valence-corrected chi connectivity index (χ1v) is 14.3. The molecule has 7 nitrogen and oxygen atoms in total. The minimum atomic E-state index is -3.72. The zero-order chi connectivity index (χ0) is 26.6. The van der Waals surface area contributed by atoms with Gasteiger partial charge in [0, 0.05) is 29.9 Å². The second-order valence-electron chi connectivity index (χ2n) is 10.8. The number of allylic oxidation sites excluding steroid dienone is 2. The Balaban J connectivity index is 1.49. The average molecular weight is 525 g/mol. The molecule has 1 heterocycles. The molecule has 1 fully saturated rings. The Bertz CT molecular complexity index is 1290. The summed E-state index contributed by atoms with van der Waals surface area (Å²) in [5.41, 5.74) is 3.40. The van der Waals surface area contributed by atoms with E-state index in [1.807, 2.05) is 58.0 Å². The first-order valence-electron chi connectivity index (χ1n) is 12.8. The SMILES string of the molecule is Cc1cncc(-c2ccc(S(=O)(=O)NC3CCCCC4=C(OCC(=O)OC(C)(C)C)C=CCC43)cc2)c1. The number of rotatable bonds is 7. The molecule has 2 aliphatic rings. The molecule has 0 aliphatic heterocycles. The largest absolute Gasteiger partial charge is 0.482 e. The molecule has 0 amide bonds. The van der Waals surface area contributed by atoms with Gasteiger partial charge in [-0.25, -0.2) is 17.9 Å². The lowest BCUT2D eigenvalue weighted by Crippen LogP contribution is -2.41. The number of nitrogens with zero attached hydrogens (tertiary/aromatic N) is 1. The summed E-state index contributed by atoms with van der Waals surface area (Å²) in [6, 6.07) is 8.68. The maximum atomic E-state index is 13.4. The molecule has 8 heteroatoms. The lowest BCUT2D eigenvalue weighted by molar-refractivity contribution is -0.158. The number of carbonyl (C=O) groups is 1. The van der Waals surface area contributed by atoms with Gasteiger partial charge in [0.15, 0.2) is 6.61 Å². The van der Waals surface area contributed by atoms with Gasteiger partial charge in [0.25, 0.3) is 0 Å². The van der Waals surface area contributed by atoms with Gasteiger partial charge in [0.05, 0.1) is 4.90 Å². The second kappa shape index (κ2) is 11.2. The highest BCUT2D eigenvalue weighted by molar-refractivity contribution is 7.89. The van der Waals surface area contributed by atoms with Crippen molar-refractivity contribution in [1.82, 2.24) is 9.71 Å². The maximum Gasteiger partial charge on any atom is 0.344 e. The monoisotopic (exact) mass is 524 g/mol. The molecule has 2 unspecified atom stereocenters. The van der Waals surface area contributed by atoms with E-state index in [0.29, 0.717) is 5.76 Å². The van der Waals surface area contributed by atoms with Crippen molar-refractivity contribution in [2.75, 3.05) is 6.61 Å². The van der Waals surface area contributed by atoms with Crippen molar-refractivity contribution in [2.24, 2.45) is 5.92 Å². The normalized spacial score (nSPS) is 20.2. The Labute approximate surface area is 220 Å². The molecule has 0 radical (unpaired) electrons. The number of fused-ring (bicyclic) bond motifs is 1. The first-order chi connectivity index (χ1) is 17.5. The molecule has 2 aromatic rings. The molecule has 198 valence electrons. The van der Waals surface area contributed by atoms with Crippen molar-refractivity contribution < 1.29 is 22.7 Å². The smallest absolute Gasteiger partial charge is 0.344 e. The highest BCUT2D eigenvalue weighted by Crippen LogP contribution is 2.37. The van der Waals surface area contributed by atoms with Gasteiger partial charge in [0.1, 0.15) is 11.4 Å². The van der Waals surface area contributed by atoms with Gasteiger partial charge in [-0.2, -0.15) is 0 Å². The van der Waals surface area contributed by atoms with E-state index < -0.39 is 21.6 Å². The summed E-state index contributed by atoms with van der Waals surface area (Å²) < 4.78 is 41.0. The van der Waals surface area contributed by atoms with Crippen LogP contribution in [0.2, 0.25) is 0 Å². The highest BCUT2D eigenvalue weighted by Gasteiger charge is 2.34. The van der Waals surface area contributed by atoms with Crippen LogP contribution in [0.25, 0.3) is 11.1 Å². The lowest BCUT2D eigenvalue weighted by Gasteiger charge is -2.30. The molecular formula is C29H36N2O5S. The number of benzene rings is 1. The lowest BCUT2D eigenvalue weighted by atomic mass is 9.84.